The van der Waals surface area contributed by atoms with Crippen LogP contribution in [0.5, 0.6) is 11.5 Å². The second kappa shape index (κ2) is 11.7. The summed E-state index contributed by atoms with van der Waals surface area (Å²) < 4.78 is 66.6. The first kappa shape index (κ1) is 30.6. The summed E-state index contributed by atoms with van der Waals surface area (Å²) in [6.45, 7) is 4.57. The van der Waals surface area contributed by atoms with Gasteiger partial charge in [0.25, 0.3) is 5.79 Å². The quantitative estimate of drug-likeness (QED) is 0.253. The fourth-order valence-corrected chi connectivity index (χ4v) is 6.58. The maximum atomic E-state index is 14.8. The van der Waals surface area contributed by atoms with E-state index in [0.717, 1.165) is 31.5 Å². The number of aliphatic hydroxyl groups excluding tert-OH is 1. The fraction of sp³-hybridized carbons (Fsp3) is 0.419. The number of aliphatic hydroxyl groups is 1. The number of likely N-dealkylation sites (tertiary alicyclic amines) is 1. The number of H-pyrrole nitrogens is 1. The number of fused-ring (bicyclic) bond motifs is 1. The number of aromatic nitrogens is 5. The van der Waals surface area contributed by atoms with Gasteiger partial charge in [-0.1, -0.05) is 23.7 Å². The maximum Gasteiger partial charge on any atom is 0.451 e. The van der Waals surface area contributed by atoms with Crippen LogP contribution in [0.4, 0.5) is 23.2 Å². The molecule has 2 N–H and O–H groups in total. The van der Waals surface area contributed by atoms with Crippen molar-refractivity contribution in [2.75, 3.05) is 31.1 Å². The van der Waals surface area contributed by atoms with Gasteiger partial charge in [0.2, 0.25) is 11.6 Å². The molecule has 0 spiro atoms. The van der Waals surface area contributed by atoms with Gasteiger partial charge in [0, 0.05) is 37.1 Å². The number of nitrogens with zero attached hydrogens (tertiary/aromatic N) is 6. The van der Waals surface area contributed by atoms with Crippen molar-refractivity contribution in [2.45, 2.75) is 56.7 Å². The highest BCUT2D eigenvalue weighted by molar-refractivity contribution is 6.30. The summed E-state index contributed by atoms with van der Waals surface area (Å²) in [6.07, 6.45) is -2.99. The number of anilines is 1. The molecule has 2 atom stereocenters. The topological polar surface area (TPSA) is 113 Å². The summed E-state index contributed by atoms with van der Waals surface area (Å²) in [6, 6.07) is 11.8. The van der Waals surface area contributed by atoms with Crippen molar-refractivity contribution >= 4 is 17.3 Å². The molecule has 3 aliphatic heterocycles. The minimum atomic E-state index is -4.67. The number of benzene rings is 2. The number of nitrogens with one attached hydrogen (secondary N) is 1. The average Bonchev–Trinajstić information content (AvgIpc) is 3.76. The Bertz CT molecular complexity index is 1760. The molecular weight excluding hydrogens is 630 g/mol. The van der Waals surface area contributed by atoms with E-state index >= 15 is 0 Å². The number of hydrogen-bond acceptors (Lipinski definition) is 9. The highest BCUT2D eigenvalue weighted by Crippen LogP contribution is 2.50. The number of piperidine rings is 1. The smallest absolute Gasteiger partial charge is 0.444 e. The first-order chi connectivity index (χ1) is 22.0. The Morgan fingerprint density at radius 2 is 1.87 bits per heavy atom. The van der Waals surface area contributed by atoms with E-state index < -0.39 is 29.7 Å². The predicted molar refractivity (Wildman–Crippen MR) is 159 cm³/mol. The highest BCUT2D eigenvalue weighted by Gasteiger charge is 2.43. The third-order valence-corrected chi connectivity index (χ3v) is 9.00. The van der Waals surface area contributed by atoms with E-state index in [2.05, 4.69) is 25.2 Å². The van der Waals surface area contributed by atoms with Gasteiger partial charge in [-0.15, -0.1) is 5.10 Å². The number of para-hydroxylation sites is 1. The summed E-state index contributed by atoms with van der Waals surface area (Å²) in [7, 11) is 0. The second-order valence-corrected chi connectivity index (χ2v) is 12.4. The van der Waals surface area contributed by atoms with Crippen molar-refractivity contribution in [1.82, 2.24) is 30.3 Å². The summed E-state index contributed by atoms with van der Waals surface area (Å²) in [4.78, 5) is 7.77. The zero-order valence-electron chi connectivity index (χ0n) is 24.7. The fourth-order valence-electron chi connectivity index (χ4n) is 6.42. The molecule has 10 nitrogen and oxygen atoms in total. The summed E-state index contributed by atoms with van der Waals surface area (Å²) in [5.74, 6) is -1.93. The van der Waals surface area contributed by atoms with Crippen LogP contribution in [-0.4, -0.2) is 67.7 Å². The van der Waals surface area contributed by atoms with Gasteiger partial charge < -0.3 is 19.5 Å². The van der Waals surface area contributed by atoms with E-state index in [1.165, 1.54) is 6.07 Å². The normalized spacial score (nSPS) is 22.2. The summed E-state index contributed by atoms with van der Waals surface area (Å²) in [5.41, 5.74) is 2.70. The number of alkyl halides is 3. The number of hydrogen-bond donors (Lipinski definition) is 2. The zero-order valence-corrected chi connectivity index (χ0v) is 25.4. The number of halogens is 5. The molecule has 242 valence electrons. The lowest BCUT2D eigenvalue weighted by Gasteiger charge is -2.33. The minimum Gasteiger partial charge on any atom is -0.444 e. The second-order valence-electron chi connectivity index (χ2n) is 12.0. The Balaban J connectivity index is 1.07. The van der Waals surface area contributed by atoms with Gasteiger partial charge in [0.05, 0.1) is 17.4 Å². The predicted octanol–water partition coefficient (Wildman–Crippen LogP) is 5.67. The maximum absolute atomic E-state index is 14.8. The molecule has 0 saturated carbocycles. The largest absolute Gasteiger partial charge is 0.451 e. The summed E-state index contributed by atoms with van der Waals surface area (Å²) >= 11 is 5.96. The van der Waals surface area contributed by atoms with Gasteiger partial charge in [-0.25, -0.2) is 9.37 Å². The van der Waals surface area contributed by atoms with Crippen LogP contribution in [0.15, 0.2) is 42.5 Å². The molecule has 2 aromatic heterocycles. The Labute approximate surface area is 266 Å². The van der Waals surface area contributed by atoms with Gasteiger partial charge in [-0.2, -0.15) is 23.4 Å². The first-order valence-corrected chi connectivity index (χ1v) is 15.3. The first-order valence-electron chi connectivity index (χ1n) is 15.0. The average molecular weight is 660 g/mol. The molecule has 7 rings (SSSR count). The number of aromatic amines is 1. The Morgan fingerprint density at radius 1 is 1.07 bits per heavy atom. The molecule has 2 aromatic carbocycles. The molecule has 5 heterocycles. The Hall–Kier alpha value is -4.01. The molecule has 3 aliphatic rings. The van der Waals surface area contributed by atoms with Gasteiger partial charge in [-0.3, -0.25) is 10.00 Å². The molecule has 4 aromatic rings. The molecule has 0 unspecified atom stereocenters. The molecular formula is C31H30ClF4N7O3. The van der Waals surface area contributed by atoms with Gasteiger partial charge in [0.1, 0.15) is 17.2 Å². The van der Waals surface area contributed by atoms with Crippen molar-refractivity contribution in [3.05, 3.63) is 75.9 Å². The van der Waals surface area contributed by atoms with Gasteiger partial charge in [-0.05, 0) is 68.6 Å². The monoisotopic (exact) mass is 659 g/mol. The van der Waals surface area contributed by atoms with E-state index in [9.17, 15) is 22.7 Å². The summed E-state index contributed by atoms with van der Waals surface area (Å²) in [5, 5.41) is 24.7. The third-order valence-electron chi connectivity index (χ3n) is 8.77. The van der Waals surface area contributed by atoms with Crippen LogP contribution >= 0.6 is 11.6 Å². The van der Waals surface area contributed by atoms with Crippen LogP contribution in [-0.2, 0) is 18.5 Å². The highest BCUT2D eigenvalue weighted by atomic mass is 35.5. The Morgan fingerprint density at radius 3 is 2.57 bits per heavy atom. The van der Waals surface area contributed by atoms with Gasteiger partial charge in [0.15, 0.2) is 11.5 Å². The van der Waals surface area contributed by atoms with E-state index in [1.807, 2.05) is 28.2 Å². The third kappa shape index (κ3) is 5.84. The van der Waals surface area contributed by atoms with Gasteiger partial charge >= 0.3 is 6.18 Å². The lowest BCUT2D eigenvalue weighted by molar-refractivity contribution is -0.144. The number of rotatable bonds is 6. The van der Waals surface area contributed by atoms with Crippen LogP contribution in [0.3, 0.4) is 0 Å². The van der Waals surface area contributed by atoms with E-state index in [0.29, 0.717) is 48.9 Å². The van der Waals surface area contributed by atoms with Crippen molar-refractivity contribution in [3.63, 3.8) is 0 Å². The number of β-amino-alcohol motifs (C(OH)–C–C–N with tert-alkyl or cyclic N) is 1. The molecule has 0 bridgehead atoms. The standard InChI is InChI=1S/C31H30ClF4N7O3/c1-30(21-6-5-18(32)13-22(21)33)45-26-4-2-3-20(27(26)46-30)17-7-10-42(11-8-17)16-24-25(43-12-9-19(44)15-43)14-23(38-39-24)28-37-29(41-40-28)31(34,35)36/h2-6,13-14,17,19,44H,7-12,15-16H2,1H3,(H,37,40,41)/t19-,30-/m0/s1. The molecule has 0 amide bonds. The molecule has 15 heteroatoms. The SMILES string of the molecule is C[C@]1(c2ccc(Cl)cc2F)Oc2cccc(C3CCN(Cc4nnc(-c5n[nH]c(C(F)(F)F)n5)cc4N4CC[C@H](O)C4)CC3)c2O1. The van der Waals surface area contributed by atoms with Crippen LogP contribution in [0.25, 0.3) is 11.5 Å². The van der Waals surface area contributed by atoms with Crippen molar-refractivity contribution in [2.24, 2.45) is 0 Å². The molecule has 2 saturated heterocycles. The van der Waals surface area contributed by atoms with Crippen molar-refractivity contribution in [3.8, 4) is 23.0 Å². The van der Waals surface area contributed by atoms with Crippen molar-refractivity contribution in [1.29, 1.82) is 0 Å². The van der Waals surface area contributed by atoms with E-state index in [-0.39, 0.29) is 28.0 Å². The number of ether oxygens (including phenoxy) is 2. The Kier molecular flexibility index (Phi) is 7.76. The molecule has 0 aliphatic carbocycles. The van der Waals surface area contributed by atoms with Crippen LogP contribution in [0.2, 0.25) is 5.02 Å². The molecule has 46 heavy (non-hydrogen) atoms. The van der Waals surface area contributed by atoms with Crippen LogP contribution in [0, 0.1) is 5.82 Å². The van der Waals surface area contributed by atoms with Crippen molar-refractivity contribution < 1.29 is 32.1 Å². The molecule has 2 fully saturated rings. The minimum absolute atomic E-state index is 0.108. The van der Waals surface area contributed by atoms with E-state index in [4.69, 9.17) is 21.1 Å². The van der Waals surface area contributed by atoms with Crippen LogP contribution < -0.4 is 14.4 Å². The van der Waals surface area contributed by atoms with E-state index in [1.54, 1.807) is 25.1 Å². The molecule has 0 radical (unpaired) electrons. The zero-order chi connectivity index (χ0) is 32.2. The lowest BCUT2D eigenvalue weighted by Crippen LogP contribution is -2.34. The van der Waals surface area contributed by atoms with Crippen LogP contribution in [0.1, 0.15) is 54.7 Å². The lowest BCUT2D eigenvalue weighted by atomic mass is 9.88.